The van der Waals surface area contributed by atoms with Crippen LogP contribution in [0, 0.1) is 0 Å². The lowest BCUT2D eigenvalue weighted by molar-refractivity contribution is 1.20. The SMILES string of the molecule is O=c1c2sc3c(=O)n4c5cc(Br)sc5cc4c4ncc(c2c34)c2cc3sc(Br)cc3n12. The Hall–Kier alpha value is -2.11. The van der Waals surface area contributed by atoms with Gasteiger partial charge in [-0.3, -0.25) is 23.4 Å². The Morgan fingerprint density at radius 2 is 1.29 bits per heavy atom. The first-order chi connectivity index (χ1) is 15.0. The van der Waals surface area contributed by atoms with E-state index in [0.29, 0.717) is 9.40 Å². The molecular formula is C21H5Br2N3O2S3. The van der Waals surface area contributed by atoms with Crippen LogP contribution < -0.4 is 11.1 Å². The lowest BCUT2D eigenvalue weighted by Gasteiger charge is -2.05. The minimum absolute atomic E-state index is 0.0796. The molecule has 0 aromatic carbocycles. The number of pyridine rings is 3. The van der Waals surface area contributed by atoms with Gasteiger partial charge in [0.05, 0.1) is 44.6 Å². The quantitative estimate of drug-likeness (QED) is 0.187. The summed E-state index contributed by atoms with van der Waals surface area (Å²) >= 11 is 11.5. The number of rotatable bonds is 0. The standard InChI is InChI=1S/C21H5Br2N3O2S3/c22-13-3-8-11(29-13)1-7-6-5-24-17-10-2-12-9(4-14(23)30-12)26(10)21(28)19-16(17)15(6)18(31-19)20(27)25(7)8/h1-5H. The summed E-state index contributed by atoms with van der Waals surface area (Å²) in [5.74, 6) is 0. The molecule has 0 saturated carbocycles. The molecule has 8 aromatic rings. The van der Waals surface area contributed by atoms with E-state index in [1.54, 1.807) is 31.5 Å². The number of thiophene rings is 3. The second-order valence-corrected chi connectivity index (χ2v) is 13.4. The highest BCUT2D eigenvalue weighted by molar-refractivity contribution is 9.11. The fourth-order valence-corrected chi connectivity index (χ4v) is 9.07. The predicted octanol–water partition coefficient (Wildman–Crippen LogP) is 6.66. The van der Waals surface area contributed by atoms with Crippen LogP contribution in [-0.4, -0.2) is 13.8 Å². The zero-order valence-corrected chi connectivity index (χ0v) is 20.6. The number of nitrogens with zero attached hydrogens (tertiary/aromatic N) is 3. The molecule has 0 radical (unpaired) electrons. The normalized spacial score (nSPS) is 13.1. The topological polar surface area (TPSA) is 55.8 Å². The van der Waals surface area contributed by atoms with Gasteiger partial charge in [-0.05, 0) is 56.1 Å². The van der Waals surface area contributed by atoms with Crippen molar-refractivity contribution in [2.45, 2.75) is 0 Å². The summed E-state index contributed by atoms with van der Waals surface area (Å²) < 4.78 is 8.73. The molecule has 0 aliphatic rings. The molecule has 8 heterocycles. The average Bonchev–Trinajstić information content (AvgIpc) is 3.49. The summed E-state index contributed by atoms with van der Waals surface area (Å²) in [7, 11) is 0. The Bertz CT molecular complexity index is 2030. The largest absolute Gasteiger partial charge is 0.274 e. The smallest absolute Gasteiger partial charge is 0.273 e. The monoisotopic (exact) mass is 585 g/mol. The molecule has 0 aliphatic heterocycles. The van der Waals surface area contributed by atoms with Crippen molar-refractivity contribution in [1.29, 1.82) is 0 Å². The maximum atomic E-state index is 13.6. The Balaban J connectivity index is 1.71. The maximum absolute atomic E-state index is 13.6. The Morgan fingerprint density at radius 3 is 1.97 bits per heavy atom. The van der Waals surface area contributed by atoms with E-state index in [4.69, 9.17) is 4.98 Å². The van der Waals surface area contributed by atoms with Gasteiger partial charge in [0.25, 0.3) is 11.1 Å². The molecule has 8 aromatic heterocycles. The van der Waals surface area contributed by atoms with Gasteiger partial charge < -0.3 is 0 Å². The Labute approximate surface area is 199 Å². The van der Waals surface area contributed by atoms with Gasteiger partial charge in [-0.1, -0.05) is 0 Å². The zero-order chi connectivity index (χ0) is 20.8. The second kappa shape index (κ2) is 5.44. The number of hydrogen-bond donors (Lipinski definition) is 0. The fraction of sp³-hybridized carbons (Fsp3) is 0. The second-order valence-electron chi connectivity index (χ2n) is 7.47. The van der Waals surface area contributed by atoms with E-state index < -0.39 is 0 Å². The molecule has 0 fully saturated rings. The van der Waals surface area contributed by atoms with Crippen molar-refractivity contribution >= 4 is 128 Å². The van der Waals surface area contributed by atoms with Crippen LogP contribution in [0.2, 0.25) is 0 Å². The third-order valence-corrected chi connectivity index (χ3v) is 10.3. The molecule has 31 heavy (non-hydrogen) atoms. The highest BCUT2D eigenvalue weighted by Crippen LogP contribution is 2.43. The molecule has 0 saturated heterocycles. The summed E-state index contributed by atoms with van der Waals surface area (Å²) in [6, 6.07) is 8.00. The van der Waals surface area contributed by atoms with E-state index in [1.165, 1.54) is 11.3 Å². The highest BCUT2D eigenvalue weighted by Gasteiger charge is 2.25. The molecule has 5 nitrogen and oxygen atoms in total. The van der Waals surface area contributed by atoms with Gasteiger partial charge in [-0.2, -0.15) is 0 Å². The van der Waals surface area contributed by atoms with Crippen LogP contribution >= 0.6 is 65.9 Å². The van der Waals surface area contributed by atoms with Crippen molar-refractivity contribution in [3.63, 3.8) is 0 Å². The first kappa shape index (κ1) is 17.4. The molecule has 0 spiro atoms. The van der Waals surface area contributed by atoms with Gasteiger partial charge in [-0.15, -0.1) is 34.0 Å². The number of halogens is 2. The van der Waals surface area contributed by atoms with Crippen molar-refractivity contribution < 1.29 is 0 Å². The van der Waals surface area contributed by atoms with Crippen molar-refractivity contribution in [3.8, 4) is 0 Å². The molecule has 0 N–H and O–H groups in total. The fourth-order valence-electron chi connectivity index (χ4n) is 4.80. The van der Waals surface area contributed by atoms with E-state index in [-0.39, 0.29) is 11.1 Å². The van der Waals surface area contributed by atoms with Gasteiger partial charge in [-0.25, -0.2) is 0 Å². The zero-order valence-electron chi connectivity index (χ0n) is 15.0. The molecule has 8 rings (SSSR count). The lowest BCUT2D eigenvalue weighted by Crippen LogP contribution is -2.12. The van der Waals surface area contributed by atoms with E-state index in [2.05, 4.69) is 31.9 Å². The van der Waals surface area contributed by atoms with Crippen LogP contribution in [0.3, 0.4) is 0 Å². The lowest BCUT2D eigenvalue weighted by atomic mass is 10.1. The summed E-state index contributed by atoms with van der Waals surface area (Å²) in [4.78, 5) is 32.0. The summed E-state index contributed by atoms with van der Waals surface area (Å²) in [6.07, 6.45) is 1.85. The highest BCUT2D eigenvalue weighted by atomic mass is 79.9. The van der Waals surface area contributed by atoms with Gasteiger partial charge in [0.15, 0.2) is 0 Å². The van der Waals surface area contributed by atoms with E-state index in [0.717, 1.165) is 60.7 Å². The summed E-state index contributed by atoms with van der Waals surface area (Å²) in [6.45, 7) is 0. The van der Waals surface area contributed by atoms with Gasteiger partial charge in [0.2, 0.25) is 0 Å². The van der Waals surface area contributed by atoms with Crippen LogP contribution in [0.15, 0.2) is 47.6 Å². The maximum Gasteiger partial charge on any atom is 0.273 e. The molecule has 0 atom stereocenters. The Kier molecular flexibility index (Phi) is 3.06. The van der Waals surface area contributed by atoms with Crippen molar-refractivity contribution in [2.75, 3.05) is 0 Å². The molecular weight excluding hydrogens is 582 g/mol. The Morgan fingerprint density at radius 1 is 0.710 bits per heavy atom. The van der Waals surface area contributed by atoms with Crippen LogP contribution in [0.4, 0.5) is 0 Å². The van der Waals surface area contributed by atoms with Crippen molar-refractivity contribution in [1.82, 2.24) is 13.8 Å². The average molecular weight is 587 g/mol. The van der Waals surface area contributed by atoms with Gasteiger partial charge in [0, 0.05) is 22.4 Å². The van der Waals surface area contributed by atoms with Crippen molar-refractivity contribution in [3.05, 3.63) is 58.7 Å². The van der Waals surface area contributed by atoms with E-state index >= 15 is 0 Å². The number of aromatic nitrogens is 3. The molecule has 0 amide bonds. The van der Waals surface area contributed by atoms with Crippen LogP contribution in [-0.2, 0) is 0 Å². The van der Waals surface area contributed by atoms with E-state index in [9.17, 15) is 9.59 Å². The first-order valence-corrected chi connectivity index (χ1v) is 13.2. The summed E-state index contributed by atoms with van der Waals surface area (Å²) in [5.41, 5.74) is 3.98. The summed E-state index contributed by atoms with van der Waals surface area (Å²) in [5, 5.41) is 2.58. The molecule has 0 bridgehead atoms. The number of fused-ring (bicyclic) bond motifs is 8. The van der Waals surface area contributed by atoms with Crippen molar-refractivity contribution in [2.24, 2.45) is 0 Å². The first-order valence-electron chi connectivity index (χ1n) is 9.18. The third-order valence-electron chi connectivity index (χ3n) is 5.97. The van der Waals surface area contributed by atoms with Crippen LogP contribution in [0.25, 0.3) is 62.5 Å². The molecule has 0 aliphatic carbocycles. The third kappa shape index (κ3) is 1.91. The van der Waals surface area contributed by atoms with Crippen LogP contribution in [0.5, 0.6) is 0 Å². The molecule has 148 valence electrons. The van der Waals surface area contributed by atoms with Crippen LogP contribution in [0.1, 0.15) is 0 Å². The minimum Gasteiger partial charge on any atom is -0.274 e. The molecule has 0 unspecified atom stereocenters. The van der Waals surface area contributed by atoms with Gasteiger partial charge in [0.1, 0.15) is 9.40 Å². The van der Waals surface area contributed by atoms with E-state index in [1.807, 2.05) is 30.5 Å². The minimum atomic E-state index is -0.0918. The number of hydrogen-bond acceptors (Lipinski definition) is 6. The van der Waals surface area contributed by atoms with Gasteiger partial charge >= 0.3 is 0 Å². The molecule has 10 heteroatoms. The predicted molar refractivity (Wildman–Crippen MR) is 138 cm³/mol.